The highest BCUT2D eigenvalue weighted by Gasteiger charge is 2.14. The Bertz CT molecular complexity index is 406. The van der Waals surface area contributed by atoms with Gasteiger partial charge < -0.3 is 5.32 Å². The van der Waals surface area contributed by atoms with Crippen molar-refractivity contribution in [3.63, 3.8) is 0 Å². The number of anilines is 1. The third kappa shape index (κ3) is 3.20. The number of unbranched alkanes of at least 4 members (excludes halogenated alkanes) is 2. The van der Waals surface area contributed by atoms with Crippen molar-refractivity contribution >= 4 is 5.82 Å². The summed E-state index contributed by atoms with van der Waals surface area (Å²) in [5.74, 6) is 3.70. The van der Waals surface area contributed by atoms with Gasteiger partial charge in [-0.3, -0.25) is 0 Å². The van der Waals surface area contributed by atoms with E-state index >= 15 is 0 Å². The molecule has 0 saturated carbocycles. The van der Waals surface area contributed by atoms with Crippen molar-refractivity contribution in [3.05, 3.63) is 17.6 Å². The predicted molar refractivity (Wildman–Crippen MR) is 69.8 cm³/mol. The van der Waals surface area contributed by atoms with Crippen LogP contribution < -0.4 is 5.32 Å². The topological polar surface area (TPSA) is 37.8 Å². The molecule has 3 nitrogen and oxygen atoms in total. The van der Waals surface area contributed by atoms with Gasteiger partial charge in [0.15, 0.2) is 0 Å². The number of rotatable bonds is 5. The van der Waals surface area contributed by atoms with Crippen molar-refractivity contribution in [2.24, 2.45) is 0 Å². The van der Waals surface area contributed by atoms with Crippen molar-refractivity contribution < 1.29 is 0 Å². The quantitative estimate of drug-likeness (QED) is 0.623. The number of hydrogen-bond donors (Lipinski definition) is 1. The fraction of sp³-hybridized carbons (Fsp3) is 0.571. The van der Waals surface area contributed by atoms with Crippen LogP contribution in [0.1, 0.15) is 43.4 Å². The molecule has 17 heavy (non-hydrogen) atoms. The van der Waals surface area contributed by atoms with Crippen LogP contribution in [0, 0.1) is 12.3 Å². The van der Waals surface area contributed by atoms with Gasteiger partial charge in [0.1, 0.15) is 12.1 Å². The molecule has 0 spiro atoms. The minimum absolute atomic E-state index is 0.865. The van der Waals surface area contributed by atoms with Crippen LogP contribution in [0.15, 0.2) is 6.33 Å². The lowest BCUT2D eigenvalue weighted by Gasteiger charge is -2.17. The van der Waals surface area contributed by atoms with E-state index in [1.807, 2.05) is 0 Å². The monoisotopic (exact) mass is 229 g/mol. The van der Waals surface area contributed by atoms with E-state index in [1.165, 1.54) is 24.1 Å². The van der Waals surface area contributed by atoms with E-state index in [0.29, 0.717) is 0 Å². The molecule has 1 aliphatic rings. The first-order chi connectivity index (χ1) is 8.42. The molecule has 1 aromatic rings. The zero-order valence-corrected chi connectivity index (χ0v) is 10.2. The smallest absolute Gasteiger partial charge is 0.132 e. The summed E-state index contributed by atoms with van der Waals surface area (Å²) in [7, 11) is 0. The lowest BCUT2D eigenvalue weighted by molar-refractivity contribution is 0.662. The lowest BCUT2D eigenvalue weighted by Crippen LogP contribution is -2.12. The second-order valence-electron chi connectivity index (χ2n) is 4.44. The van der Waals surface area contributed by atoms with Crippen molar-refractivity contribution in [1.29, 1.82) is 0 Å². The highest BCUT2D eigenvalue weighted by atomic mass is 15.0. The number of hydrogen-bond acceptors (Lipinski definition) is 3. The summed E-state index contributed by atoms with van der Waals surface area (Å²) in [5, 5.41) is 3.41. The molecular weight excluding hydrogens is 210 g/mol. The molecule has 0 saturated heterocycles. The molecule has 3 heteroatoms. The Balaban J connectivity index is 1.90. The molecule has 0 bridgehead atoms. The van der Waals surface area contributed by atoms with Crippen molar-refractivity contribution in [3.8, 4) is 12.3 Å². The molecule has 1 heterocycles. The highest BCUT2D eigenvalue weighted by Crippen LogP contribution is 2.24. The standard InChI is InChI=1S/C14H19N3/c1-2-3-4-7-10-15-14-12-8-5-6-9-13(12)16-11-17-14/h1,11H,3-10H2,(H,15,16,17). The average molecular weight is 229 g/mol. The first-order valence-electron chi connectivity index (χ1n) is 6.42. The van der Waals surface area contributed by atoms with E-state index in [9.17, 15) is 0 Å². The van der Waals surface area contributed by atoms with Gasteiger partial charge in [-0.25, -0.2) is 9.97 Å². The van der Waals surface area contributed by atoms with E-state index in [0.717, 1.165) is 44.5 Å². The SMILES string of the molecule is C#CCCCCNc1ncnc2c1CCCC2. The predicted octanol–water partition coefficient (Wildman–Crippen LogP) is 2.57. The number of nitrogens with one attached hydrogen (secondary N) is 1. The van der Waals surface area contributed by atoms with Gasteiger partial charge in [0.25, 0.3) is 0 Å². The van der Waals surface area contributed by atoms with E-state index < -0.39 is 0 Å². The second kappa shape index (κ2) is 6.24. The Morgan fingerprint density at radius 3 is 3.00 bits per heavy atom. The molecule has 0 aliphatic heterocycles. The van der Waals surface area contributed by atoms with E-state index in [2.05, 4.69) is 21.2 Å². The maximum absolute atomic E-state index is 5.22. The molecule has 1 N–H and O–H groups in total. The Hall–Kier alpha value is -1.56. The van der Waals surface area contributed by atoms with Gasteiger partial charge in [0.2, 0.25) is 0 Å². The zero-order valence-electron chi connectivity index (χ0n) is 10.2. The van der Waals surface area contributed by atoms with E-state index in [4.69, 9.17) is 6.42 Å². The molecule has 90 valence electrons. The van der Waals surface area contributed by atoms with Crippen LogP contribution in [0.25, 0.3) is 0 Å². The summed E-state index contributed by atoms with van der Waals surface area (Å²) < 4.78 is 0. The minimum Gasteiger partial charge on any atom is -0.370 e. The molecule has 0 aromatic carbocycles. The summed E-state index contributed by atoms with van der Waals surface area (Å²) in [6.07, 6.45) is 14.7. The highest BCUT2D eigenvalue weighted by molar-refractivity contribution is 5.46. The minimum atomic E-state index is 0.865. The average Bonchev–Trinajstić information content (AvgIpc) is 2.39. The molecule has 2 rings (SSSR count). The first-order valence-corrected chi connectivity index (χ1v) is 6.42. The van der Waals surface area contributed by atoms with Gasteiger partial charge in [-0.2, -0.15) is 0 Å². The number of terminal acetylenes is 1. The second-order valence-corrected chi connectivity index (χ2v) is 4.44. The van der Waals surface area contributed by atoms with Crippen LogP contribution in [-0.2, 0) is 12.8 Å². The molecular formula is C14H19N3. The molecule has 1 aromatic heterocycles. The molecule has 0 amide bonds. The van der Waals surface area contributed by atoms with Crippen LogP contribution in [-0.4, -0.2) is 16.5 Å². The van der Waals surface area contributed by atoms with Gasteiger partial charge in [-0.15, -0.1) is 12.3 Å². The molecule has 0 radical (unpaired) electrons. The third-order valence-corrected chi connectivity index (χ3v) is 3.17. The largest absolute Gasteiger partial charge is 0.370 e. The fourth-order valence-electron chi connectivity index (χ4n) is 2.23. The van der Waals surface area contributed by atoms with Crippen LogP contribution >= 0.6 is 0 Å². The van der Waals surface area contributed by atoms with E-state index in [-0.39, 0.29) is 0 Å². The summed E-state index contributed by atoms with van der Waals surface area (Å²) in [4.78, 5) is 8.71. The normalized spacial score (nSPS) is 13.8. The summed E-state index contributed by atoms with van der Waals surface area (Å²) in [6.45, 7) is 0.950. The number of nitrogens with zero attached hydrogens (tertiary/aromatic N) is 2. The summed E-state index contributed by atoms with van der Waals surface area (Å²) in [6, 6.07) is 0. The number of aromatic nitrogens is 2. The Kier molecular flexibility index (Phi) is 4.37. The Labute approximate surface area is 103 Å². The molecule has 0 atom stereocenters. The summed E-state index contributed by atoms with van der Waals surface area (Å²) >= 11 is 0. The summed E-state index contributed by atoms with van der Waals surface area (Å²) in [5.41, 5.74) is 2.56. The lowest BCUT2D eigenvalue weighted by atomic mass is 9.96. The fourth-order valence-corrected chi connectivity index (χ4v) is 2.23. The number of fused-ring (bicyclic) bond motifs is 1. The third-order valence-electron chi connectivity index (χ3n) is 3.17. The van der Waals surface area contributed by atoms with Crippen LogP contribution in [0.4, 0.5) is 5.82 Å². The van der Waals surface area contributed by atoms with Gasteiger partial charge in [-0.1, -0.05) is 0 Å². The van der Waals surface area contributed by atoms with Gasteiger partial charge in [-0.05, 0) is 38.5 Å². The van der Waals surface area contributed by atoms with Gasteiger partial charge in [0.05, 0.1) is 0 Å². The maximum Gasteiger partial charge on any atom is 0.132 e. The van der Waals surface area contributed by atoms with E-state index in [1.54, 1.807) is 6.33 Å². The number of aryl methyl sites for hydroxylation is 1. The Morgan fingerprint density at radius 1 is 1.24 bits per heavy atom. The maximum atomic E-state index is 5.22. The van der Waals surface area contributed by atoms with Gasteiger partial charge in [0, 0.05) is 24.2 Å². The first kappa shape index (κ1) is 11.9. The van der Waals surface area contributed by atoms with Crippen molar-refractivity contribution in [2.75, 3.05) is 11.9 Å². The van der Waals surface area contributed by atoms with Crippen LogP contribution in [0.2, 0.25) is 0 Å². The van der Waals surface area contributed by atoms with Gasteiger partial charge >= 0.3 is 0 Å². The zero-order chi connectivity index (χ0) is 11.9. The van der Waals surface area contributed by atoms with Crippen molar-refractivity contribution in [1.82, 2.24) is 9.97 Å². The van der Waals surface area contributed by atoms with Crippen molar-refractivity contribution in [2.45, 2.75) is 44.9 Å². The molecule has 0 fully saturated rings. The Morgan fingerprint density at radius 2 is 2.12 bits per heavy atom. The van der Waals surface area contributed by atoms with Crippen LogP contribution in [0.3, 0.4) is 0 Å². The van der Waals surface area contributed by atoms with Crippen LogP contribution in [0.5, 0.6) is 0 Å². The molecule has 1 aliphatic carbocycles. The molecule has 0 unspecified atom stereocenters.